The van der Waals surface area contributed by atoms with Crippen molar-refractivity contribution in [1.82, 2.24) is 14.9 Å². The highest BCUT2D eigenvalue weighted by molar-refractivity contribution is 7.13. The number of nitrogens with zero attached hydrogens (tertiary/aromatic N) is 2. The summed E-state index contributed by atoms with van der Waals surface area (Å²) >= 11 is 7.48. The molecular weight excluding hydrogens is 566 g/mol. The van der Waals surface area contributed by atoms with Crippen molar-refractivity contribution in [3.05, 3.63) is 91.7 Å². The smallest absolute Gasteiger partial charge is 0.265 e. The van der Waals surface area contributed by atoms with Gasteiger partial charge in [0, 0.05) is 21.7 Å². The molecule has 1 amide bonds. The van der Waals surface area contributed by atoms with Gasteiger partial charge in [-0.3, -0.25) is 14.2 Å². The van der Waals surface area contributed by atoms with E-state index in [1.165, 1.54) is 11.3 Å². The summed E-state index contributed by atoms with van der Waals surface area (Å²) in [7, 11) is 0. The fourth-order valence-corrected chi connectivity index (χ4v) is 6.80. The number of aromatic nitrogens is 2. The summed E-state index contributed by atoms with van der Waals surface area (Å²) in [6.07, 6.45) is 3.73. The molecule has 2 N–H and O–H groups in total. The first-order valence-corrected chi connectivity index (χ1v) is 16.1. The molecule has 220 valence electrons. The lowest BCUT2D eigenvalue weighted by atomic mass is 9.97. The lowest BCUT2D eigenvalue weighted by Crippen LogP contribution is -2.41. The maximum absolute atomic E-state index is 14.6. The number of nitrogens with one attached hydrogen (secondary N) is 1. The van der Waals surface area contributed by atoms with Crippen molar-refractivity contribution in [2.24, 2.45) is 5.92 Å². The minimum Gasteiger partial charge on any atom is -0.391 e. The molecule has 1 saturated carbocycles. The van der Waals surface area contributed by atoms with Gasteiger partial charge in [0.25, 0.3) is 11.5 Å². The number of hydrogen-bond acceptors (Lipinski definition) is 5. The molecule has 1 fully saturated rings. The van der Waals surface area contributed by atoms with Gasteiger partial charge >= 0.3 is 0 Å². The number of amides is 1. The number of aliphatic hydroxyl groups is 1. The fourth-order valence-electron chi connectivity index (χ4n) is 5.84. The van der Waals surface area contributed by atoms with Gasteiger partial charge in [0.15, 0.2) is 0 Å². The van der Waals surface area contributed by atoms with E-state index >= 15 is 0 Å². The van der Waals surface area contributed by atoms with Crippen molar-refractivity contribution < 1.29 is 9.90 Å². The Kier molecular flexibility index (Phi) is 9.31. The predicted molar refractivity (Wildman–Crippen MR) is 172 cm³/mol. The number of rotatable bonds is 9. The molecule has 0 unspecified atom stereocenters. The van der Waals surface area contributed by atoms with Crippen molar-refractivity contribution in [2.75, 3.05) is 0 Å². The third kappa shape index (κ3) is 6.10. The largest absolute Gasteiger partial charge is 0.391 e. The zero-order valence-corrected chi connectivity index (χ0v) is 26.2. The summed E-state index contributed by atoms with van der Waals surface area (Å²) < 4.78 is 1.79. The average Bonchev–Trinajstić information content (AvgIpc) is 3.62. The summed E-state index contributed by atoms with van der Waals surface area (Å²) in [6, 6.07) is 15.0. The summed E-state index contributed by atoms with van der Waals surface area (Å²) in [5, 5.41) is 16.7. The van der Waals surface area contributed by atoms with Crippen LogP contribution in [0.25, 0.3) is 27.5 Å². The normalized spacial score (nSPS) is 16.7. The Morgan fingerprint density at radius 1 is 1.12 bits per heavy atom. The molecule has 8 heteroatoms. The molecule has 0 aliphatic heterocycles. The van der Waals surface area contributed by atoms with Crippen LogP contribution in [-0.2, 0) is 19.3 Å². The number of aryl methyl sites for hydroxylation is 2. The number of halogens is 1. The topological polar surface area (TPSA) is 84.2 Å². The fraction of sp³-hybridized carbons (Fsp3) is 0.382. The van der Waals surface area contributed by atoms with E-state index in [1.807, 2.05) is 35.7 Å². The molecule has 4 aromatic rings. The third-order valence-corrected chi connectivity index (χ3v) is 9.14. The molecule has 5 rings (SSSR count). The number of thiazole rings is 1. The monoisotopic (exact) mass is 603 g/mol. The number of carbonyl (C=O) groups is 1. The quantitative estimate of drug-likeness (QED) is 0.211. The Hall–Kier alpha value is -3.26. The lowest BCUT2D eigenvalue weighted by Gasteiger charge is -2.24. The van der Waals surface area contributed by atoms with E-state index in [0.717, 1.165) is 53.8 Å². The molecule has 0 radical (unpaired) electrons. The highest BCUT2D eigenvalue weighted by Gasteiger charge is 2.30. The van der Waals surface area contributed by atoms with E-state index in [0.29, 0.717) is 39.7 Å². The van der Waals surface area contributed by atoms with Crippen LogP contribution in [-0.4, -0.2) is 32.7 Å². The van der Waals surface area contributed by atoms with Crippen LogP contribution in [0.3, 0.4) is 0 Å². The van der Waals surface area contributed by atoms with Crippen molar-refractivity contribution in [1.29, 1.82) is 0 Å². The molecular formula is C34H38ClN3O3S. The van der Waals surface area contributed by atoms with Crippen LogP contribution < -0.4 is 10.9 Å². The minimum absolute atomic E-state index is 0.185. The second kappa shape index (κ2) is 12.9. The zero-order chi connectivity index (χ0) is 30.0. The Labute approximate surface area is 256 Å². The second-order valence-corrected chi connectivity index (χ2v) is 12.7. The van der Waals surface area contributed by atoms with Gasteiger partial charge in [-0.2, -0.15) is 0 Å². The first-order valence-electron chi connectivity index (χ1n) is 14.8. The standard InChI is InChI=1S/C34H38ClN3O3S/c1-5-21-9-7-10-22(6-2)31(21)38-29(17-20(3)4)25(32(40)36-27-11-8-12-30(27)39)18-26(34(38)41)33-37-28(19-42-33)23-13-15-24(35)16-14-23/h7,9-10,13-16,18-20,27,30,39H,5-6,8,11-12,17H2,1-4H3,(H,36,40)/t27-,30+/m1/s1. The van der Waals surface area contributed by atoms with Crippen molar-refractivity contribution in [2.45, 2.75) is 78.4 Å². The molecule has 2 aromatic carbocycles. The van der Waals surface area contributed by atoms with Crippen LogP contribution in [0.1, 0.15) is 74.1 Å². The van der Waals surface area contributed by atoms with E-state index in [2.05, 4.69) is 45.1 Å². The van der Waals surface area contributed by atoms with E-state index in [-0.39, 0.29) is 23.4 Å². The lowest BCUT2D eigenvalue weighted by molar-refractivity contribution is 0.0871. The van der Waals surface area contributed by atoms with Crippen LogP contribution in [0.15, 0.2) is 58.7 Å². The van der Waals surface area contributed by atoms with Crippen LogP contribution in [0.4, 0.5) is 0 Å². The number of hydrogen-bond donors (Lipinski definition) is 2. The van der Waals surface area contributed by atoms with Gasteiger partial charge in [0.2, 0.25) is 0 Å². The third-order valence-electron chi connectivity index (χ3n) is 8.01. The van der Waals surface area contributed by atoms with Gasteiger partial charge in [0.05, 0.1) is 34.7 Å². The summed E-state index contributed by atoms with van der Waals surface area (Å²) in [5.74, 6) is -0.0755. The van der Waals surface area contributed by atoms with Crippen LogP contribution >= 0.6 is 22.9 Å². The molecule has 2 heterocycles. The van der Waals surface area contributed by atoms with Gasteiger partial charge in [-0.05, 0) is 73.8 Å². The van der Waals surface area contributed by atoms with Crippen LogP contribution in [0.5, 0.6) is 0 Å². The molecule has 2 atom stereocenters. The molecule has 2 aromatic heterocycles. The SMILES string of the molecule is CCc1cccc(CC)c1-n1c(CC(C)C)c(C(=O)N[C@@H]2CCC[C@@H]2O)cc(-c2nc(-c3ccc(Cl)cc3)cs2)c1=O. The molecule has 0 bridgehead atoms. The van der Waals surface area contributed by atoms with Gasteiger partial charge in [0.1, 0.15) is 5.01 Å². The number of pyridine rings is 1. The van der Waals surface area contributed by atoms with Crippen molar-refractivity contribution in [3.8, 4) is 27.5 Å². The average molecular weight is 604 g/mol. The summed E-state index contributed by atoms with van der Waals surface area (Å²) in [5.41, 5.74) is 5.95. The summed E-state index contributed by atoms with van der Waals surface area (Å²) in [6.45, 7) is 8.36. The number of carbonyl (C=O) groups excluding carboxylic acids is 1. The number of benzene rings is 2. The molecule has 0 saturated heterocycles. The van der Waals surface area contributed by atoms with E-state index in [9.17, 15) is 14.7 Å². The Morgan fingerprint density at radius 2 is 1.81 bits per heavy atom. The molecule has 0 spiro atoms. The first kappa shape index (κ1) is 30.2. The number of aliphatic hydroxyl groups excluding tert-OH is 1. The van der Waals surface area contributed by atoms with Crippen molar-refractivity contribution >= 4 is 28.8 Å². The molecule has 1 aliphatic rings. The highest BCUT2D eigenvalue weighted by atomic mass is 35.5. The van der Waals surface area contributed by atoms with Crippen molar-refractivity contribution in [3.63, 3.8) is 0 Å². The van der Waals surface area contributed by atoms with Crippen LogP contribution in [0, 0.1) is 5.92 Å². The van der Waals surface area contributed by atoms with Gasteiger partial charge < -0.3 is 10.4 Å². The summed E-state index contributed by atoms with van der Waals surface area (Å²) in [4.78, 5) is 33.5. The zero-order valence-electron chi connectivity index (χ0n) is 24.6. The maximum Gasteiger partial charge on any atom is 0.265 e. The molecule has 1 aliphatic carbocycles. The molecule has 6 nitrogen and oxygen atoms in total. The van der Waals surface area contributed by atoms with Gasteiger partial charge in [-0.25, -0.2) is 4.98 Å². The van der Waals surface area contributed by atoms with Gasteiger partial charge in [-0.1, -0.05) is 69.6 Å². The van der Waals surface area contributed by atoms with Crippen LogP contribution in [0.2, 0.25) is 5.02 Å². The Balaban J connectivity index is 1.77. The highest BCUT2D eigenvalue weighted by Crippen LogP contribution is 2.32. The van der Waals surface area contributed by atoms with E-state index in [4.69, 9.17) is 16.6 Å². The van der Waals surface area contributed by atoms with E-state index < -0.39 is 6.10 Å². The van der Waals surface area contributed by atoms with Gasteiger partial charge in [-0.15, -0.1) is 11.3 Å². The maximum atomic E-state index is 14.6. The predicted octanol–water partition coefficient (Wildman–Crippen LogP) is 7.25. The minimum atomic E-state index is -0.568. The second-order valence-electron chi connectivity index (χ2n) is 11.4. The Morgan fingerprint density at radius 3 is 2.40 bits per heavy atom. The molecule has 42 heavy (non-hydrogen) atoms. The Bertz CT molecular complexity index is 1620. The number of para-hydroxylation sites is 1. The first-order chi connectivity index (χ1) is 20.2. The van der Waals surface area contributed by atoms with E-state index in [1.54, 1.807) is 10.6 Å².